The Kier molecular flexibility index (Phi) is 8.76. The lowest BCUT2D eigenvalue weighted by Gasteiger charge is -2.32. The maximum absolute atomic E-state index is 13.7. The highest BCUT2D eigenvalue weighted by atomic mass is 35.5. The molecule has 0 unspecified atom stereocenters. The van der Waals surface area contributed by atoms with E-state index in [-0.39, 0.29) is 17.3 Å². The molecule has 3 rings (SSSR count). The fourth-order valence-electron chi connectivity index (χ4n) is 3.77. The second kappa shape index (κ2) is 11.6. The van der Waals surface area contributed by atoms with Gasteiger partial charge in [0.25, 0.3) is 10.0 Å². The Bertz CT molecular complexity index is 1340. The summed E-state index contributed by atoms with van der Waals surface area (Å²) in [6, 6.07) is 19.5. The molecular formula is C27H30ClN3O4S. The van der Waals surface area contributed by atoms with Crippen molar-refractivity contribution in [2.45, 2.75) is 38.3 Å². The average molecular weight is 528 g/mol. The molecule has 190 valence electrons. The normalized spacial score (nSPS) is 12.0. The first-order valence-electron chi connectivity index (χ1n) is 11.4. The molecule has 0 heterocycles. The van der Waals surface area contributed by atoms with Gasteiger partial charge in [-0.05, 0) is 68.3 Å². The lowest BCUT2D eigenvalue weighted by Crippen LogP contribution is -2.50. The first-order valence-corrected chi connectivity index (χ1v) is 13.3. The summed E-state index contributed by atoms with van der Waals surface area (Å²) in [5.41, 5.74) is 2.84. The number of hydrogen-bond donors (Lipinski definition) is 1. The van der Waals surface area contributed by atoms with Crippen molar-refractivity contribution in [3.63, 3.8) is 0 Å². The summed E-state index contributed by atoms with van der Waals surface area (Å²) in [6.45, 7) is 4.92. The Morgan fingerprint density at radius 2 is 1.61 bits per heavy atom. The predicted molar refractivity (Wildman–Crippen MR) is 142 cm³/mol. The standard InChI is InChI=1S/C27H30ClN3O4S/c1-19-11-13-25(14-12-19)36(34,35)31(24-10-5-7-20(2)15-24)18-26(32)30(21(3)27(33)29-4)17-22-8-6-9-23(28)16-22/h5-16,21H,17-18H2,1-4H3,(H,29,33)/t21-/m1/s1. The van der Waals surface area contributed by atoms with Crippen LogP contribution in [0, 0.1) is 13.8 Å². The largest absolute Gasteiger partial charge is 0.357 e. The third kappa shape index (κ3) is 6.44. The van der Waals surface area contributed by atoms with Crippen LogP contribution in [0.2, 0.25) is 5.02 Å². The molecule has 0 fully saturated rings. The van der Waals surface area contributed by atoms with Gasteiger partial charge >= 0.3 is 0 Å². The van der Waals surface area contributed by atoms with E-state index in [1.807, 2.05) is 19.9 Å². The highest BCUT2D eigenvalue weighted by Gasteiger charge is 2.32. The minimum atomic E-state index is -4.08. The molecule has 0 saturated carbocycles. The number of nitrogens with one attached hydrogen (secondary N) is 1. The summed E-state index contributed by atoms with van der Waals surface area (Å²) in [5.74, 6) is -0.892. The third-order valence-corrected chi connectivity index (χ3v) is 7.86. The molecule has 1 N–H and O–H groups in total. The van der Waals surface area contributed by atoms with Crippen molar-refractivity contribution in [1.82, 2.24) is 10.2 Å². The van der Waals surface area contributed by atoms with Crippen molar-refractivity contribution in [3.8, 4) is 0 Å². The second-order valence-electron chi connectivity index (χ2n) is 8.61. The summed E-state index contributed by atoms with van der Waals surface area (Å²) in [4.78, 5) is 27.6. The van der Waals surface area contributed by atoms with E-state index in [0.717, 1.165) is 21.0 Å². The number of amides is 2. The summed E-state index contributed by atoms with van der Waals surface area (Å²) >= 11 is 6.12. The Hall–Kier alpha value is -3.36. The van der Waals surface area contributed by atoms with E-state index in [9.17, 15) is 18.0 Å². The first kappa shape index (κ1) is 27.2. The molecule has 2 amide bonds. The summed E-state index contributed by atoms with van der Waals surface area (Å²) in [6.07, 6.45) is 0. The van der Waals surface area contributed by atoms with Gasteiger partial charge in [0.05, 0.1) is 10.6 Å². The number of hydrogen-bond acceptors (Lipinski definition) is 4. The van der Waals surface area contributed by atoms with E-state index < -0.39 is 28.5 Å². The molecule has 7 nitrogen and oxygen atoms in total. The number of carbonyl (C=O) groups is 2. The minimum absolute atomic E-state index is 0.0724. The van der Waals surface area contributed by atoms with Gasteiger partial charge in [-0.15, -0.1) is 0 Å². The molecular weight excluding hydrogens is 498 g/mol. The summed E-state index contributed by atoms with van der Waals surface area (Å²) in [7, 11) is -2.60. The molecule has 3 aromatic rings. The number of rotatable bonds is 9. The van der Waals surface area contributed by atoms with Crippen LogP contribution < -0.4 is 9.62 Å². The van der Waals surface area contributed by atoms with Crippen LogP contribution in [0.1, 0.15) is 23.6 Å². The van der Waals surface area contributed by atoms with E-state index in [4.69, 9.17) is 11.6 Å². The number of benzene rings is 3. The van der Waals surface area contributed by atoms with Crippen molar-refractivity contribution >= 4 is 39.1 Å². The van der Waals surface area contributed by atoms with Crippen molar-refractivity contribution in [2.75, 3.05) is 17.9 Å². The zero-order chi connectivity index (χ0) is 26.5. The molecule has 0 aliphatic carbocycles. The predicted octanol–water partition coefficient (Wildman–Crippen LogP) is 4.32. The first-order chi connectivity index (χ1) is 17.0. The van der Waals surface area contributed by atoms with Crippen molar-refractivity contribution < 1.29 is 18.0 Å². The van der Waals surface area contributed by atoms with E-state index in [2.05, 4.69) is 5.32 Å². The van der Waals surface area contributed by atoms with Gasteiger partial charge < -0.3 is 10.2 Å². The number of anilines is 1. The number of aryl methyl sites for hydroxylation is 2. The molecule has 0 bridgehead atoms. The van der Waals surface area contributed by atoms with Gasteiger partial charge in [-0.25, -0.2) is 8.42 Å². The van der Waals surface area contributed by atoms with Crippen molar-refractivity contribution in [1.29, 1.82) is 0 Å². The van der Waals surface area contributed by atoms with Gasteiger partial charge in [0.2, 0.25) is 11.8 Å². The van der Waals surface area contributed by atoms with Crippen LogP contribution in [0.25, 0.3) is 0 Å². The van der Waals surface area contributed by atoms with E-state index in [0.29, 0.717) is 10.7 Å². The van der Waals surface area contributed by atoms with Crippen molar-refractivity contribution in [2.24, 2.45) is 0 Å². The van der Waals surface area contributed by atoms with E-state index >= 15 is 0 Å². The molecule has 0 aliphatic heterocycles. The zero-order valence-corrected chi connectivity index (χ0v) is 22.3. The van der Waals surface area contributed by atoms with Crippen LogP contribution in [0.15, 0.2) is 77.7 Å². The highest BCUT2D eigenvalue weighted by Crippen LogP contribution is 2.26. The maximum atomic E-state index is 13.7. The van der Waals surface area contributed by atoms with Crippen LogP contribution in [0.3, 0.4) is 0 Å². The molecule has 0 aliphatic rings. The smallest absolute Gasteiger partial charge is 0.264 e. The quantitative estimate of drug-likeness (QED) is 0.449. The maximum Gasteiger partial charge on any atom is 0.264 e. The third-order valence-electron chi connectivity index (χ3n) is 5.83. The number of sulfonamides is 1. The Balaban J connectivity index is 2.03. The lowest BCUT2D eigenvalue weighted by molar-refractivity contribution is -0.139. The molecule has 3 aromatic carbocycles. The fraction of sp³-hybridized carbons (Fsp3) is 0.259. The van der Waals surface area contributed by atoms with Gasteiger partial charge in [-0.1, -0.05) is 53.6 Å². The van der Waals surface area contributed by atoms with E-state index in [1.54, 1.807) is 61.5 Å². The highest BCUT2D eigenvalue weighted by molar-refractivity contribution is 7.92. The Morgan fingerprint density at radius 1 is 0.944 bits per heavy atom. The topological polar surface area (TPSA) is 86.8 Å². The summed E-state index contributed by atoms with van der Waals surface area (Å²) < 4.78 is 28.6. The SMILES string of the molecule is CNC(=O)[C@@H](C)N(Cc1cccc(Cl)c1)C(=O)CN(c1cccc(C)c1)S(=O)(=O)c1ccc(C)cc1. The van der Waals surface area contributed by atoms with Gasteiger partial charge in [0.15, 0.2) is 0 Å². The number of carbonyl (C=O) groups excluding carboxylic acids is 2. The molecule has 36 heavy (non-hydrogen) atoms. The van der Waals surface area contributed by atoms with Gasteiger partial charge in [0, 0.05) is 18.6 Å². The van der Waals surface area contributed by atoms with Gasteiger partial charge in [0.1, 0.15) is 12.6 Å². The lowest BCUT2D eigenvalue weighted by atomic mass is 10.1. The van der Waals surface area contributed by atoms with Crippen LogP contribution in [-0.2, 0) is 26.2 Å². The molecule has 0 radical (unpaired) electrons. The second-order valence-corrected chi connectivity index (χ2v) is 10.9. The van der Waals surface area contributed by atoms with Gasteiger partial charge in [-0.3, -0.25) is 13.9 Å². The van der Waals surface area contributed by atoms with Crippen LogP contribution >= 0.6 is 11.6 Å². The van der Waals surface area contributed by atoms with Gasteiger partial charge in [-0.2, -0.15) is 0 Å². The van der Waals surface area contributed by atoms with Crippen LogP contribution in [-0.4, -0.2) is 44.8 Å². The Morgan fingerprint density at radius 3 is 2.22 bits per heavy atom. The monoisotopic (exact) mass is 527 g/mol. The minimum Gasteiger partial charge on any atom is -0.357 e. The van der Waals surface area contributed by atoms with Crippen molar-refractivity contribution in [3.05, 3.63) is 94.5 Å². The zero-order valence-electron chi connectivity index (χ0n) is 20.7. The molecule has 0 aromatic heterocycles. The average Bonchev–Trinajstić information content (AvgIpc) is 2.85. The summed E-state index contributed by atoms with van der Waals surface area (Å²) in [5, 5.41) is 3.06. The molecule has 9 heteroatoms. The number of likely N-dealkylation sites (N-methyl/N-ethyl adjacent to an activating group) is 1. The number of nitrogens with zero attached hydrogens (tertiary/aromatic N) is 2. The fourth-order valence-corrected chi connectivity index (χ4v) is 5.39. The van der Waals surface area contributed by atoms with Crippen LogP contribution in [0.4, 0.5) is 5.69 Å². The molecule has 1 atom stereocenters. The molecule has 0 spiro atoms. The Labute approximate surface area is 217 Å². The molecule has 0 saturated heterocycles. The van der Waals surface area contributed by atoms with E-state index in [1.165, 1.54) is 24.1 Å². The number of halogens is 1. The van der Waals surface area contributed by atoms with Crippen LogP contribution in [0.5, 0.6) is 0 Å².